The molecule has 1 heterocycles. The fraction of sp³-hybridized carbons (Fsp3) is 0. The lowest BCUT2D eigenvalue weighted by molar-refractivity contribution is 0.370. The highest BCUT2D eigenvalue weighted by atomic mass is 16.6. The first-order valence-corrected chi connectivity index (χ1v) is 5.15. The minimum Gasteiger partial charge on any atom is -0.468 e. The third-order valence-electron chi connectivity index (χ3n) is 2.63. The zero-order chi connectivity index (χ0) is 10.8. The molecule has 75 valence electrons. The fourth-order valence-electron chi connectivity index (χ4n) is 1.78. The maximum absolute atomic E-state index is 4.89. The van der Waals surface area contributed by atoms with Gasteiger partial charge in [-0.3, -0.25) is 0 Å². The second kappa shape index (κ2) is 3.85. The highest BCUT2D eigenvalue weighted by Gasteiger charge is 2.10. The lowest BCUT2D eigenvalue weighted by Gasteiger charge is -2.10. The lowest BCUT2D eigenvalue weighted by atomic mass is 9.82. The van der Waals surface area contributed by atoms with Crippen molar-refractivity contribution in [2.45, 2.75) is 0 Å². The van der Waals surface area contributed by atoms with Crippen molar-refractivity contribution in [3.63, 3.8) is 0 Å². The van der Waals surface area contributed by atoms with Crippen LogP contribution in [0.2, 0.25) is 0 Å². The van der Waals surface area contributed by atoms with Gasteiger partial charge in [-0.1, -0.05) is 42.5 Å². The first kappa shape index (κ1) is 9.22. The Balaban J connectivity index is 2.08. The smallest absolute Gasteiger partial charge is 0.449 e. The standard InChI is InChI=1S/C13H9BNO/c1-2-4-10(5-3-1)11-6-7-13-12(8-11)9-15-16-14-13/h1-9H. The molecule has 1 radical (unpaired) electrons. The molecular weight excluding hydrogens is 197 g/mol. The average Bonchev–Trinajstić information content (AvgIpc) is 2.39. The topological polar surface area (TPSA) is 21.6 Å². The van der Waals surface area contributed by atoms with Gasteiger partial charge in [-0.05, 0) is 28.2 Å². The van der Waals surface area contributed by atoms with Crippen LogP contribution in [0, 0.1) is 0 Å². The van der Waals surface area contributed by atoms with E-state index in [0.29, 0.717) is 0 Å². The van der Waals surface area contributed by atoms with Gasteiger partial charge in [-0.2, -0.15) is 0 Å². The maximum Gasteiger partial charge on any atom is 0.449 e. The van der Waals surface area contributed by atoms with E-state index in [2.05, 4.69) is 29.4 Å². The molecule has 0 fully saturated rings. The Morgan fingerprint density at radius 3 is 2.69 bits per heavy atom. The molecule has 2 aromatic rings. The van der Waals surface area contributed by atoms with Crippen LogP contribution in [-0.4, -0.2) is 13.7 Å². The molecule has 0 atom stereocenters. The molecule has 16 heavy (non-hydrogen) atoms. The van der Waals surface area contributed by atoms with E-state index >= 15 is 0 Å². The minimum atomic E-state index is 1.06. The number of rotatable bonds is 1. The molecule has 1 aliphatic rings. The third kappa shape index (κ3) is 1.61. The summed E-state index contributed by atoms with van der Waals surface area (Å²) in [5.41, 5.74) is 4.56. The van der Waals surface area contributed by atoms with Crippen LogP contribution < -0.4 is 5.46 Å². The van der Waals surface area contributed by atoms with E-state index in [0.717, 1.165) is 11.0 Å². The van der Waals surface area contributed by atoms with Crippen LogP contribution in [0.25, 0.3) is 11.1 Å². The quantitative estimate of drug-likeness (QED) is 0.653. The lowest BCUT2D eigenvalue weighted by Crippen LogP contribution is -2.24. The number of hydrogen-bond acceptors (Lipinski definition) is 2. The van der Waals surface area contributed by atoms with Gasteiger partial charge in [0.25, 0.3) is 0 Å². The van der Waals surface area contributed by atoms with Crippen LogP contribution in [-0.2, 0) is 4.76 Å². The van der Waals surface area contributed by atoms with Crippen LogP contribution in [0.5, 0.6) is 0 Å². The Bertz CT molecular complexity index is 537. The second-order valence-electron chi connectivity index (χ2n) is 3.67. The van der Waals surface area contributed by atoms with Crippen LogP contribution in [0.4, 0.5) is 0 Å². The van der Waals surface area contributed by atoms with Crippen LogP contribution in [0.3, 0.4) is 0 Å². The van der Waals surface area contributed by atoms with E-state index in [1.807, 2.05) is 24.3 Å². The van der Waals surface area contributed by atoms with Crippen molar-refractivity contribution in [3.05, 3.63) is 54.1 Å². The van der Waals surface area contributed by atoms with Crippen LogP contribution in [0.1, 0.15) is 5.56 Å². The number of oxime groups is 1. The molecule has 0 unspecified atom stereocenters. The summed E-state index contributed by atoms with van der Waals surface area (Å²) in [7, 11) is 1.66. The van der Waals surface area contributed by atoms with Gasteiger partial charge >= 0.3 is 7.48 Å². The zero-order valence-electron chi connectivity index (χ0n) is 8.63. The second-order valence-corrected chi connectivity index (χ2v) is 3.67. The van der Waals surface area contributed by atoms with Gasteiger partial charge in [0.15, 0.2) is 0 Å². The maximum atomic E-state index is 4.89. The van der Waals surface area contributed by atoms with Crippen LogP contribution >= 0.6 is 0 Å². The fourth-order valence-corrected chi connectivity index (χ4v) is 1.78. The van der Waals surface area contributed by atoms with Gasteiger partial charge in [0.1, 0.15) is 0 Å². The van der Waals surface area contributed by atoms with Crippen molar-refractivity contribution in [2.24, 2.45) is 5.16 Å². The highest BCUT2D eigenvalue weighted by molar-refractivity contribution is 6.49. The molecule has 1 aliphatic heterocycles. The molecular formula is C13H9BNO. The van der Waals surface area contributed by atoms with Crippen molar-refractivity contribution < 1.29 is 4.76 Å². The van der Waals surface area contributed by atoms with E-state index in [4.69, 9.17) is 4.76 Å². The summed E-state index contributed by atoms with van der Waals surface area (Å²) < 4.78 is 4.89. The Morgan fingerprint density at radius 1 is 0.938 bits per heavy atom. The first-order chi connectivity index (χ1) is 7.93. The predicted molar refractivity (Wildman–Crippen MR) is 65.9 cm³/mol. The van der Waals surface area contributed by atoms with Crippen molar-refractivity contribution >= 4 is 19.2 Å². The van der Waals surface area contributed by atoms with Gasteiger partial charge in [-0.15, -0.1) is 5.16 Å². The summed E-state index contributed by atoms with van der Waals surface area (Å²) in [6.45, 7) is 0. The molecule has 0 bridgehead atoms. The summed E-state index contributed by atoms with van der Waals surface area (Å²) in [6, 6.07) is 16.5. The molecule has 3 heteroatoms. The number of benzene rings is 2. The van der Waals surface area contributed by atoms with Gasteiger partial charge in [0, 0.05) is 0 Å². The Morgan fingerprint density at radius 2 is 1.81 bits per heavy atom. The van der Waals surface area contributed by atoms with Crippen molar-refractivity contribution in [3.8, 4) is 11.1 Å². The summed E-state index contributed by atoms with van der Waals surface area (Å²) in [5.74, 6) is 0. The largest absolute Gasteiger partial charge is 0.468 e. The number of fused-ring (bicyclic) bond motifs is 1. The first-order valence-electron chi connectivity index (χ1n) is 5.15. The molecule has 2 aromatic carbocycles. The monoisotopic (exact) mass is 206 g/mol. The molecule has 0 saturated carbocycles. The van der Waals surface area contributed by atoms with E-state index < -0.39 is 0 Å². The Hall–Kier alpha value is -2.03. The highest BCUT2D eigenvalue weighted by Crippen LogP contribution is 2.19. The normalized spacial score (nSPS) is 12.5. The van der Waals surface area contributed by atoms with Gasteiger partial charge < -0.3 is 4.76 Å². The van der Waals surface area contributed by atoms with Gasteiger partial charge in [0.2, 0.25) is 0 Å². The van der Waals surface area contributed by atoms with Crippen molar-refractivity contribution in [1.29, 1.82) is 0 Å². The molecule has 2 nitrogen and oxygen atoms in total. The molecule has 0 amide bonds. The molecule has 0 saturated heterocycles. The molecule has 0 N–H and O–H groups in total. The predicted octanol–water partition coefficient (Wildman–Crippen LogP) is 1.96. The van der Waals surface area contributed by atoms with E-state index in [1.165, 1.54) is 11.1 Å². The number of hydrogen-bond donors (Lipinski definition) is 0. The van der Waals surface area contributed by atoms with E-state index in [9.17, 15) is 0 Å². The summed E-state index contributed by atoms with van der Waals surface area (Å²) in [6.07, 6.45) is 1.74. The Labute approximate surface area is 94.8 Å². The Kier molecular flexibility index (Phi) is 2.22. The minimum absolute atomic E-state index is 1.06. The molecule has 0 aliphatic carbocycles. The summed E-state index contributed by atoms with van der Waals surface area (Å²) in [5, 5.41) is 3.77. The number of nitrogens with zero attached hydrogens (tertiary/aromatic N) is 1. The zero-order valence-corrected chi connectivity index (χ0v) is 8.63. The van der Waals surface area contributed by atoms with E-state index in [-0.39, 0.29) is 0 Å². The summed E-state index contributed by atoms with van der Waals surface area (Å²) >= 11 is 0. The molecule has 3 rings (SSSR count). The van der Waals surface area contributed by atoms with Crippen LogP contribution in [0.15, 0.2) is 53.7 Å². The average molecular weight is 206 g/mol. The SMILES string of the molecule is [B]1ON=Cc2cc(-c3ccccc3)ccc21. The summed E-state index contributed by atoms with van der Waals surface area (Å²) in [4.78, 5) is 0. The molecule has 0 spiro atoms. The van der Waals surface area contributed by atoms with Crippen molar-refractivity contribution in [2.75, 3.05) is 0 Å². The van der Waals surface area contributed by atoms with Gasteiger partial charge in [-0.25, -0.2) is 0 Å². The molecule has 0 aromatic heterocycles. The van der Waals surface area contributed by atoms with Crippen molar-refractivity contribution in [1.82, 2.24) is 0 Å². The van der Waals surface area contributed by atoms with Gasteiger partial charge in [0.05, 0.1) is 6.21 Å². The third-order valence-corrected chi connectivity index (χ3v) is 2.63. The van der Waals surface area contributed by atoms with E-state index in [1.54, 1.807) is 13.7 Å².